The molecular formula is C16H19NS2. The largest absolute Gasteiger partial charge is 0.312 e. The van der Waals surface area contributed by atoms with Crippen molar-refractivity contribution in [3.63, 3.8) is 0 Å². The van der Waals surface area contributed by atoms with Gasteiger partial charge in [-0.3, -0.25) is 0 Å². The van der Waals surface area contributed by atoms with Crippen LogP contribution in [0, 0.1) is 0 Å². The molecule has 0 spiro atoms. The zero-order chi connectivity index (χ0) is 13.1. The standard InChI is InChI=1S/C16H19NS2/c1-17-16(15-11-18-8-9-19-15)14-7-6-12-4-2-3-5-13(12)10-14/h2-7,10,15-17H,8-9,11H2,1H3. The van der Waals surface area contributed by atoms with E-state index in [0.717, 1.165) is 0 Å². The molecule has 2 aromatic carbocycles. The molecule has 3 heteroatoms. The van der Waals surface area contributed by atoms with Crippen LogP contribution in [0.1, 0.15) is 11.6 Å². The van der Waals surface area contributed by atoms with Crippen LogP contribution in [-0.2, 0) is 0 Å². The van der Waals surface area contributed by atoms with Crippen molar-refractivity contribution >= 4 is 34.3 Å². The van der Waals surface area contributed by atoms with E-state index in [0.29, 0.717) is 11.3 Å². The third-order valence-corrected chi connectivity index (χ3v) is 6.52. The first-order chi connectivity index (χ1) is 9.38. The summed E-state index contributed by atoms with van der Waals surface area (Å²) in [6.07, 6.45) is 0. The molecular weight excluding hydrogens is 270 g/mol. The molecule has 0 bridgehead atoms. The number of rotatable bonds is 3. The van der Waals surface area contributed by atoms with Gasteiger partial charge in [-0.1, -0.05) is 36.4 Å². The summed E-state index contributed by atoms with van der Waals surface area (Å²) < 4.78 is 0. The second-order valence-corrected chi connectivity index (χ2v) is 7.35. The van der Waals surface area contributed by atoms with Gasteiger partial charge < -0.3 is 5.32 Å². The van der Waals surface area contributed by atoms with E-state index in [-0.39, 0.29) is 0 Å². The van der Waals surface area contributed by atoms with Gasteiger partial charge in [0.05, 0.1) is 0 Å². The molecule has 1 aliphatic heterocycles. The van der Waals surface area contributed by atoms with Crippen LogP contribution < -0.4 is 5.32 Å². The lowest BCUT2D eigenvalue weighted by Crippen LogP contribution is -2.31. The van der Waals surface area contributed by atoms with Crippen molar-refractivity contribution in [1.82, 2.24) is 5.32 Å². The van der Waals surface area contributed by atoms with E-state index < -0.39 is 0 Å². The lowest BCUT2D eigenvalue weighted by Gasteiger charge is -2.29. The maximum atomic E-state index is 3.52. The predicted molar refractivity (Wildman–Crippen MR) is 89.3 cm³/mol. The van der Waals surface area contributed by atoms with Crippen LogP contribution in [-0.4, -0.2) is 29.6 Å². The van der Waals surface area contributed by atoms with Gasteiger partial charge in [0.15, 0.2) is 0 Å². The Morgan fingerprint density at radius 1 is 1.11 bits per heavy atom. The van der Waals surface area contributed by atoms with Crippen LogP contribution in [0.5, 0.6) is 0 Å². The van der Waals surface area contributed by atoms with Crippen LogP contribution in [0.25, 0.3) is 10.8 Å². The number of benzene rings is 2. The molecule has 100 valence electrons. The summed E-state index contributed by atoms with van der Waals surface area (Å²) in [6, 6.07) is 15.9. The number of hydrogen-bond acceptors (Lipinski definition) is 3. The van der Waals surface area contributed by atoms with Crippen molar-refractivity contribution < 1.29 is 0 Å². The molecule has 1 N–H and O–H groups in total. The zero-order valence-corrected chi connectivity index (χ0v) is 12.8. The van der Waals surface area contributed by atoms with E-state index in [4.69, 9.17) is 0 Å². The number of thioether (sulfide) groups is 2. The molecule has 1 fully saturated rings. The summed E-state index contributed by atoms with van der Waals surface area (Å²) in [5, 5.41) is 6.87. The van der Waals surface area contributed by atoms with Crippen molar-refractivity contribution in [3.8, 4) is 0 Å². The first-order valence-electron chi connectivity index (χ1n) is 6.74. The molecule has 1 saturated heterocycles. The maximum absolute atomic E-state index is 3.52. The first-order valence-corrected chi connectivity index (χ1v) is 8.94. The number of nitrogens with one attached hydrogen (secondary N) is 1. The van der Waals surface area contributed by atoms with Gasteiger partial charge in [0.1, 0.15) is 0 Å². The van der Waals surface area contributed by atoms with Gasteiger partial charge in [-0.25, -0.2) is 0 Å². The Hall–Kier alpha value is -0.640. The normalized spacial score (nSPS) is 21.4. The Kier molecular flexibility index (Phi) is 4.36. The Labute approximate surface area is 123 Å². The first kappa shape index (κ1) is 13.3. The van der Waals surface area contributed by atoms with Crippen LogP contribution in [0.4, 0.5) is 0 Å². The average Bonchev–Trinajstić information content (AvgIpc) is 2.49. The molecule has 1 heterocycles. The molecule has 0 radical (unpaired) electrons. The van der Waals surface area contributed by atoms with E-state index in [1.807, 2.05) is 0 Å². The summed E-state index contributed by atoms with van der Waals surface area (Å²) in [5.41, 5.74) is 1.42. The fraction of sp³-hybridized carbons (Fsp3) is 0.375. The van der Waals surface area contributed by atoms with Gasteiger partial charge >= 0.3 is 0 Å². The van der Waals surface area contributed by atoms with Gasteiger partial charge in [-0.2, -0.15) is 23.5 Å². The topological polar surface area (TPSA) is 12.0 Å². The molecule has 1 aliphatic rings. The van der Waals surface area contributed by atoms with Crippen molar-refractivity contribution in [1.29, 1.82) is 0 Å². The molecule has 0 saturated carbocycles. The molecule has 2 aromatic rings. The lowest BCUT2D eigenvalue weighted by molar-refractivity contribution is 0.593. The van der Waals surface area contributed by atoms with Gasteiger partial charge in [-0.05, 0) is 29.4 Å². The second kappa shape index (κ2) is 6.21. The molecule has 19 heavy (non-hydrogen) atoms. The molecule has 0 aliphatic carbocycles. The van der Waals surface area contributed by atoms with Crippen LogP contribution >= 0.6 is 23.5 Å². The van der Waals surface area contributed by atoms with Crippen molar-refractivity contribution in [2.75, 3.05) is 24.3 Å². The highest BCUT2D eigenvalue weighted by molar-refractivity contribution is 8.06. The third kappa shape index (κ3) is 2.93. The summed E-state index contributed by atoms with van der Waals surface area (Å²) >= 11 is 4.20. The van der Waals surface area contributed by atoms with E-state index in [1.165, 1.54) is 33.6 Å². The Bertz CT molecular complexity index is 549. The van der Waals surface area contributed by atoms with Crippen LogP contribution in [0.3, 0.4) is 0 Å². The van der Waals surface area contributed by atoms with E-state index in [2.05, 4.69) is 78.4 Å². The van der Waals surface area contributed by atoms with E-state index in [9.17, 15) is 0 Å². The minimum atomic E-state index is 0.461. The van der Waals surface area contributed by atoms with Gasteiger partial charge in [0, 0.05) is 28.6 Å². The third-order valence-electron chi connectivity index (χ3n) is 3.66. The molecule has 2 atom stereocenters. The van der Waals surface area contributed by atoms with E-state index in [1.54, 1.807) is 0 Å². The molecule has 3 rings (SSSR count). The fourth-order valence-corrected chi connectivity index (χ4v) is 5.58. The molecule has 0 amide bonds. The number of fused-ring (bicyclic) bond motifs is 1. The van der Waals surface area contributed by atoms with Gasteiger partial charge in [-0.15, -0.1) is 0 Å². The predicted octanol–water partition coefficient (Wildman–Crippen LogP) is 3.95. The highest BCUT2D eigenvalue weighted by Crippen LogP contribution is 2.34. The Morgan fingerprint density at radius 3 is 2.68 bits per heavy atom. The van der Waals surface area contributed by atoms with Crippen molar-refractivity contribution in [2.24, 2.45) is 0 Å². The molecule has 1 nitrogen and oxygen atoms in total. The van der Waals surface area contributed by atoms with E-state index >= 15 is 0 Å². The summed E-state index contributed by atoms with van der Waals surface area (Å²) in [4.78, 5) is 0. The van der Waals surface area contributed by atoms with Gasteiger partial charge in [0.25, 0.3) is 0 Å². The highest BCUT2D eigenvalue weighted by Gasteiger charge is 2.24. The fourth-order valence-electron chi connectivity index (χ4n) is 2.67. The minimum absolute atomic E-state index is 0.461. The smallest absolute Gasteiger partial charge is 0.0446 e. The minimum Gasteiger partial charge on any atom is -0.312 e. The highest BCUT2D eigenvalue weighted by atomic mass is 32.2. The molecule has 2 unspecified atom stereocenters. The van der Waals surface area contributed by atoms with Gasteiger partial charge in [0.2, 0.25) is 0 Å². The zero-order valence-electron chi connectivity index (χ0n) is 11.1. The van der Waals surface area contributed by atoms with Crippen molar-refractivity contribution in [2.45, 2.75) is 11.3 Å². The average molecular weight is 289 g/mol. The summed E-state index contributed by atoms with van der Waals surface area (Å²) in [6.45, 7) is 0. The maximum Gasteiger partial charge on any atom is 0.0446 e. The summed E-state index contributed by atoms with van der Waals surface area (Å²) in [7, 11) is 2.08. The lowest BCUT2D eigenvalue weighted by atomic mass is 10.00. The SMILES string of the molecule is CNC(c1ccc2ccccc2c1)C1CSCCS1. The Morgan fingerprint density at radius 2 is 1.95 bits per heavy atom. The van der Waals surface area contributed by atoms with Crippen molar-refractivity contribution in [3.05, 3.63) is 48.0 Å². The second-order valence-electron chi connectivity index (χ2n) is 4.86. The monoisotopic (exact) mass is 289 g/mol. The number of hydrogen-bond donors (Lipinski definition) is 1. The van der Waals surface area contributed by atoms with Crippen LogP contribution in [0.15, 0.2) is 42.5 Å². The molecule has 0 aromatic heterocycles. The quantitative estimate of drug-likeness (QED) is 0.919. The van der Waals surface area contributed by atoms with Crippen LogP contribution in [0.2, 0.25) is 0 Å². The summed E-state index contributed by atoms with van der Waals surface area (Å²) in [5.74, 6) is 3.83. The Balaban J connectivity index is 1.91.